The summed E-state index contributed by atoms with van der Waals surface area (Å²) in [6.45, 7) is 0.291. The van der Waals surface area contributed by atoms with Gasteiger partial charge in [-0.15, -0.1) is 0 Å². The molecule has 0 unspecified atom stereocenters. The third-order valence-electron chi connectivity index (χ3n) is 2.24. The Morgan fingerprint density at radius 1 is 1.10 bits per heavy atom. The van der Waals surface area contributed by atoms with Crippen LogP contribution < -0.4 is 21.7 Å². The molecule has 0 bridgehead atoms. The average Bonchev–Trinajstić information content (AvgIpc) is 2.38. The van der Waals surface area contributed by atoms with E-state index in [1.807, 2.05) is 0 Å². The number of amides is 4. The second-order valence-electron chi connectivity index (χ2n) is 3.79. The molecule has 1 aromatic rings. The summed E-state index contributed by atoms with van der Waals surface area (Å²) in [7, 11) is 0. The van der Waals surface area contributed by atoms with Gasteiger partial charge in [0.25, 0.3) is 0 Å². The normalized spacial score (nSPS) is 9.81. The molecule has 0 aromatic heterocycles. The van der Waals surface area contributed by atoms with Crippen molar-refractivity contribution in [1.29, 1.82) is 0 Å². The van der Waals surface area contributed by atoms with Crippen molar-refractivity contribution in [3.63, 3.8) is 0 Å². The number of primary amides is 1. The molecule has 0 saturated carbocycles. The van der Waals surface area contributed by atoms with Gasteiger partial charge in [-0.25, -0.2) is 14.4 Å². The number of halogens is 2. The Morgan fingerprint density at radius 3 is 2.10 bits per heavy atom. The van der Waals surface area contributed by atoms with Crippen LogP contribution in [0.2, 0.25) is 10.0 Å². The van der Waals surface area contributed by atoms with Crippen molar-refractivity contribution in [2.75, 3.05) is 18.4 Å². The van der Waals surface area contributed by atoms with Gasteiger partial charge in [-0.3, -0.25) is 0 Å². The molecule has 4 amide bonds. The van der Waals surface area contributed by atoms with E-state index in [1.54, 1.807) is 0 Å². The predicted octanol–water partition coefficient (Wildman–Crippen LogP) is 1.48. The zero-order valence-electron chi connectivity index (χ0n) is 10.6. The largest absolute Gasteiger partial charge is 0.478 e. The molecule has 10 heteroatoms. The molecule has 0 aliphatic rings. The molecule has 0 spiro atoms. The van der Waals surface area contributed by atoms with Crippen LogP contribution in [0.5, 0.6) is 0 Å². The first-order valence-corrected chi connectivity index (χ1v) is 6.37. The molecule has 1 aromatic carbocycles. The Labute approximate surface area is 129 Å². The monoisotopic (exact) mass is 334 g/mol. The van der Waals surface area contributed by atoms with Crippen LogP contribution in [0.15, 0.2) is 12.1 Å². The van der Waals surface area contributed by atoms with Gasteiger partial charge in [0.1, 0.15) is 0 Å². The minimum absolute atomic E-state index is 0.00897. The zero-order valence-corrected chi connectivity index (χ0v) is 12.1. The standard InChI is InChI=1S/C11H12Cl2N4O4/c12-6-3-5(9(18)19)4-7(13)8(6)17-11(21)16-2-1-15-10(14)20/h3-4H,1-2H2,(H,18,19)(H3,14,15,20)(H2,16,17,21). The summed E-state index contributed by atoms with van der Waals surface area (Å²) in [5.74, 6) is -1.19. The molecule has 8 nitrogen and oxygen atoms in total. The minimum atomic E-state index is -1.19. The Morgan fingerprint density at radius 2 is 1.62 bits per heavy atom. The molecular formula is C11H12Cl2N4O4. The summed E-state index contributed by atoms with van der Waals surface area (Å²) in [5.41, 5.74) is 4.84. The molecule has 0 saturated heterocycles. The number of nitrogens with two attached hydrogens (primary N) is 1. The lowest BCUT2D eigenvalue weighted by Gasteiger charge is -2.11. The highest BCUT2D eigenvalue weighted by atomic mass is 35.5. The summed E-state index contributed by atoms with van der Waals surface area (Å²) in [4.78, 5) is 32.8. The first-order valence-electron chi connectivity index (χ1n) is 5.61. The van der Waals surface area contributed by atoms with Crippen molar-refractivity contribution in [2.24, 2.45) is 5.73 Å². The van der Waals surface area contributed by atoms with E-state index in [4.69, 9.17) is 34.0 Å². The molecule has 6 N–H and O–H groups in total. The van der Waals surface area contributed by atoms with Crippen molar-refractivity contribution >= 4 is 46.9 Å². The maximum atomic E-state index is 11.6. The molecule has 0 fully saturated rings. The van der Waals surface area contributed by atoms with Gasteiger partial charge in [0.2, 0.25) is 0 Å². The number of aromatic carboxylic acids is 1. The number of carbonyl (C=O) groups excluding carboxylic acids is 2. The highest BCUT2D eigenvalue weighted by Gasteiger charge is 2.14. The fourth-order valence-corrected chi connectivity index (χ4v) is 1.92. The van der Waals surface area contributed by atoms with Gasteiger partial charge in [0, 0.05) is 13.1 Å². The number of rotatable bonds is 5. The lowest BCUT2D eigenvalue weighted by molar-refractivity contribution is 0.0697. The number of hydrogen-bond donors (Lipinski definition) is 5. The summed E-state index contributed by atoms with van der Waals surface area (Å²) < 4.78 is 0. The van der Waals surface area contributed by atoms with Crippen LogP contribution in [-0.4, -0.2) is 36.2 Å². The summed E-state index contributed by atoms with van der Waals surface area (Å²) in [6.07, 6.45) is 0. The first-order chi connectivity index (χ1) is 9.81. The minimum Gasteiger partial charge on any atom is -0.478 e. The quantitative estimate of drug-likeness (QED) is 0.521. The van der Waals surface area contributed by atoms with Crippen molar-refractivity contribution in [1.82, 2.24) is 10.6 Å². The number of nitrogens with one attached hydrogen (secondary N) is 3. The first kappa shape index (κ1) is 16.9. The van der Waals surface area contributed by atoms with Gasteiger partial charge in [-0.1, -0.05) is 23.2 Å². The Hall–Kier alpha value is -2.19. The van der Waals surface area contributed by atoms with E-state index in [9.17, 15) is 14.4 Å². The fourth-order valence-electron chi connectivity index (χ4n) is 1.34. The van der Waals surface area contributed by atoms with Gasteiger partial charge in [-0.05, 0) is 12.1 Å². The topological polar surface area (TPSA) is 134 Å². The molecule has 0 aliphatic carbocycles. The van der Waals surface area contributed by atoms with Crippen LogP contribution in [0, 0.1) is 0 Å². The molecule has 1 rings (SSSR count). The Bertz CT molecular complexity index is 556. The van der Waals surface area contributed by atoms with Gasteiger partial charge < -0.3 is 26.8 Å². The molecule has 0 aliphatic heterocycles. The number of anilines is 1. The zero-order chi connectivity index (χ0) is 16.0. The van der Waals surface area contributed by atoms with Gasteiger partial charge in [0.05, 0.1) is 21.3 Å². The van der Waals surface area contributed by atoms with E-state index in [0.717, 1.165) is 0 Å². The maximum Gasteiger partial charge on any atom is 0.335 e. The van der Waals surface area contributed by atoms with E-state index in [2.05, 4.69) is 16.0 Å². The SMILES string of the molecule is NC(=O)NCCNC(=O)Nc1c(Cl)cc(C(=O)O)cc1Cl. The molecule has 0 atom stereocenters. The van der Waals surface area contributed by atoms with Crippen molar-refractivity contribution in [3.8, 4) is 0 Å². The summed E-state index contributed by atoms with van der Waals surface area (Å²) in [6, 6.07) is 1.01. The number of benzene rings is 1. The highest BCUT2D eigenvalue weighted by Crippen LogP contribution is 2.31. The van der Waals surface area contributed by atoms with E-state index in [1.165, 1.54) is 12.1 Å². The third kappa shape index (κ3) is 5.36. The second-order valence-corrected chi connectivity index (χ2v) is 4.61. The van der Waals surface area contributed by atoms with E-state index >= 15 is 0 Å². The van der Waals surface area contributed by atoms with Crippen LogP contribution in [0.1, 0.15) is 10.4 Å². The van der Waals surface area contributed by atoms with E-state index in [0.29, 0.717) is 0 Å². The molecule has 0 heterocycles. The second kappa shape index (κ2) is 7.55. The smallest absolute Gasteiger partial charge is 0.335 e. The van der Waals surface area contributed by atoms with E-state index in [-0.39, 0.29) is 34.4 Å². The average molecular weight is 335 g/mol. The van der Waals surface area contributed by atoms with Gasteiger partial charge in [-0.2, -0.15) is 0 Å². The number of urea groups is 2. The van der Waals surface area contributed by atoms with Gasteiger partial charge in [0.15, 0.2) is 0 Å². The predicted molar refractivity (Wildman–Crippen MR) is 78.0 cm³/mol. The summed E-state index contributed by atoms with van der Waals surface area (Å²) >= 11 is 11.7. The number of carboxylic acid groups (broad SMARTS) is 1. The number of carboxylic acids is 1. The van der Waals surface area contributed by atoms with Crippen molar-refractivity contribution < 1.29 is 19.5 Å². The lowest BCUT2D eigenvalue weighted by Crippen LogP contribution is -2.38. The van der Waals surface area contributed by atoms with Crippen LogP contribution in [0.25, 0.3) is 0 Å². The molecule has 21 heavy (non-hydrogen) atoms. The van der Waals surface area contributed by atoms with E-state index < -0.39 is 18.0 Å². The maximum absolute atomic E-state index is 11.6. The van der Waals surface area contributed by atoms with Crippen LogP contribution >= 0.6 is 23.2 Å². The lowest BCUT2D eigenvalue weighted by atomic mass is 10.2. The van der Waals surface area contributed by atoms with Crippen LogP contribution in [0.4, 0.5) is 15.3 Å². The molecule has 114 valence electrons. The van der Waals surface area contributed by atoms with Crippen LogP contribution in [-0.2, 0) is 0 Å². The number of hydrogen-bond acceptors (Lipinski definition) is 3. The fraction of sp³-hybridized carbons (Fsp3) is 0.182. The van der Waals surface area contributed by atoms with Gasteiger partial charge >= 0.3 is 18.0 Å². The summed E-state index contributed by atoms with van der Waals surface area (Å²) in [5, 5.41) is 15.9. The highest BCUT2D eigenvalue weighted by molar-refractivity contribution is 6.40. The number of carbonyl (C=O) groups is 3. The molecular weight excluding hydrogens is 323 g/mol. The Kier molecular flexibility index (Phi) is 6.07. The van der Waals surface area contributed by atoms with Crippen molar-refractivity contribution in [3.05, 3.63) is 27.7 Å². The van der Waals surface area contributed by atoms with Crippen molar-refractivity contribution in [2.45, 2.75) is 0 Å². The third-order valence-corrected chi connectivity index (χ3v) is 2.83. The Balaban J connectivity index is 2.64. The molecule has 0 radical (unpaired) electrons. The van der Waals surface area contributed by atoms with Crippen LogP contribution in [0.3, 0.4) is 0 Å².